The molecule has 0 fully saturated rings. The Morgan fingerprint density at radius 3 is 2.64 bits per heavy atom. The van der Waals surface area contributed by atoms with E-state index in [9.17, 15) is 4.79 Å². The predicted molar refractivity (Wildman–Crippen MR) is 39.2 cm³/mol. The lowest BCUT2D eigenvalue weighted by atomic mass is 10.1. The minimum absolute atomic E-state index is 0.384. The van der Waals surface area contributed by atoms with E-state index >= 15 is 0 Å². The lowest BCUT2D eigenvalue weighted by molar-refractivity contribution is -0.182. The van der Waals surface area contributed by atoms with Crippen molar-refractivity contribution in [2.45, 2.75) is 6.92 Å². The summed E-state index contributed by atoms with van der Waals surface area (Å²) < 4.78 is 0. The van der Waals surface area contributed by atoms with Crippen molar-refractivity contribution >= 4 is 5.97 Å². The molecule has 0 aliphatic heterocycles. The summed E-state index contributed by atoms with van der Waals surface area (Å²) in [7, 11) is 0. The topological polar surface area (TPSA) is 46.5 Å². The molecule has 3 nitrogen and oxygen atoms in total. The predicted octanol–water partition coefficient (Wildman–Crippen LogP) is 1.62. The van der Waals surface area contributed by atoms with Crippen LogP contribution in [0.15, 0.2) is 24.3 Å². The summed E-state index contributed by atoms with van der Waals surface area (Å²) in [5, 5.41) is 8.06. The van der Waals surface area contributed by atoms with Crippen molar-refractivity contribution in [1.82, 2.24) is 0 Å². The smallest absolute Gasteiger partial charge is 0.295 e. The second-order valence-electron chi connectivity index (χ2n) is 2.19. The molecule has 0 radical (unpaired) electrons. The van der Waals surface area contributed by atoms with E-state index in [0.29, 0.717) is 5.56 Å². The van der Waals surface area contributed by atoms with Gasteiger partial charge in [0, 0.05) is 0 Å². The Morgan fingerprint density at radius 2 is 2.09 bits per heavy atom. The fourth-order valence-corrected chi connectivity index (χ4v) is 0.851. The third kappa shape index (κ3) is 1.56. The Morgan fingerprint density at radius 1 is 1.45 bits per heavy atom. The molecule has 0 spiro atoms. The lowest BCUT2D eigenvalue weighted by Crippen LogP contribution is -2.03. The molecule has 1 N–H and O–H groups in total. The van der Waals surface area contributed by atoms with Gasteiger partial charge in [-0.1, -0.05) is 18.2 Å². The van der Waals surface area contributed by atoms with E-state index in [-0.39, 0.29) is 0 Å². The van der Waals surface area contributed by atoms with Gasteiger partial charge in [-0.3, -0.25) is 4.89 Å². The van der Waals surface area contributed by atoms with Gasteiger partial charge in [0.25, 0.3) is 0 Å². The fourth-order valence-electron chi connectivity index (χ4n) is 0.851. The molecular weight excluding hydrogens is 144 g/mol. The monoisotopic (exact) mass is 152 g/mol. The molecule has 0 aromatic heterocycles. The van der Waals surface area contributed by atoms with Gasteiger partial charge < -0.3 is 0 Å². The third-order valence-electron chi connectivity index (χ3n) is 1.45. The Balaban J connectivity index is 3.03. The summed E-state index contributed by atoms with van der Waals surface area (Å²) >= 11 is 0. The first kappa shape index (κ1) is 7.75. The van der Waals surface area contributed by atoms with Crippen LogP contribution in [-0.2, 0) is 4.89 Å². The number of aryl methyl sites for hydroxylation is 1. The summed E-state index contributed by atoms with van der Waals surface area (Å²) in [5.74, 6) is -0.719. The first-order chi connectivity index (χ1) is 5.25. The van der Waals surface area contributed by atoms with Crippen molar-refractivity contribution in [2.24, 2.45) is 0 Å². The molecule has 0 saturated heterocycles. The molecule has 1 rings (SSSR count). The maximum atomic E-state index is 10.8. The number of benzene rings is 1. The van der Waals surface area contributed by atoms with Gasteiger partial charge in [-0.15, -0.1) is 0 Å². The van der Waals surface area contributed by atoms with Crippen LogP contribution < -0.4 is 0 Å². The number of hydrogen-bond acceptors (Lipinski definition) is 3. The summed E-state index contributed by atoms with van der Waals surface area (Å²) in [5.41, 5.74) is 1.17. The maximum absolute atomic E-state index is 10.8. The Hall–Kier alpha value is -1.35. The van der Waals surface area contributed by atoms with Gasteiger partial charge in [-0.25, -0.2) is 4.79 Å². The molecule has 58 valence electrons. The van der Waals surface area contributed by atoms with Crippen LogP contribution in [0.3, 0.4) is 0 Å². The average molecular weight is 152 g/mol. The van der Waals surface area contributed by atoms with Crippen molar-refractivity contribution in [3.8, 4) is 0 Å². The minimum atomic E-state index is -0.719. The van der Waals surface area contributed by atoms with E-state index in [2.05, 4.69) is 4.89 Å². The summed E-state index contributed by atoms with van der Waals surface area (Å²) in [6.45, 7) is 1.77. The quantitative estimate of drug-likeness (QED) is 0.491. The van der Waals surface area contributed by atoms with E-state index in [1.54, 1.807) is 25.1 Å². The lowest BCUT2D eigenvalue weighted by Gasteiger charge is -1.99. The molecule has 0 unspecified atom stereocenters. The highest BCUT2D eigenvalue weighted by atomic mass is 17.1. The molecule has 0 aliphatic rings. The van der Waals surface area contributed by atoms with Crippen LogP contribution in [0.4, 0.5) is 0 Å². The number of hydrogen-bond donors (Lipinski definition) is 1. The minimum Gasteiger partial charge on any atom is -0.295 e. The summed E-state index contributed by atoms with van der Waals surface area (Å²) in [6.07, 6.45) is 0. The van der Waals surface area contributed by atoms with Gasteiger partial charge in [0.2, 0.25) is 0 Å². The molecule has 0 heterocycles. The molecule has 11 heavy (non-hydrogen) atoms. The van der Waals surface area contributed by atoms with Gasteiger partial charge in [-0.2, -0.15) is 5.26 Å². The highest BCUT2D eigenvalue weighted by molar-refractivity contribution is 5.90. The molecule has 0 aliphatic carbocycles. The summed E-state index contributed by atoms with van der Waals surface area (Å²) in [4.78, 5) is 14.3. The van der Waals surface area contributed by atoms with Gasteiger partial charge >= 0.3 is 5.97 Å². The maximum Gasteiger partial charge on any atom is 0.373 e. The number of rotatable bonds is 1. The molecule has 0 atom stereocenters. The zero-order valence-corrected chi connectivity index (χ0v) is 6.07. The van der Waals surface area contributed by atoms with Crippen LogP contribution >= 0.6 is 0 Å². The summed E-state index contributed by atoms with van der Waals surface area (Å²) in [6, 6.07) is 6.88. The van der Waals surface area contributed by atoms with Crippen LogP contribution in [0.5, 0.6) is 0 Å². The van der Waals surface area contributed by atoms with E-state index in [4.69, 9.17) is 5.26 Å². The zero-order valence-electron chi connectivity index (χ0n) is 6.07. The first-order valence-corrected chi connectivity index (χ1v) is 3.17. The highest BCUT2D eigenvalue weighted by Gasteiger charge is 2.07. The van der Waals surface area contributed by atoms with Crippen LogP contribution in [0.25, 0.3) is 0 Å². The Kier molecular flexibility index (Phi) is 2.23. The van der Waals surface area contributed by atoms with Crippen LogP contribution in [-0.4, -0.2) is 11.2 Å². The zero-order chi connectivity index (χ0) is 8.27. The Labute approximate surface area is 64.2 Å². The van der Waals surface area contributed by atoms with Crippen molar-refractivity contribution in [2.75, 3.05) is 0 Å². The van der Waals surface area contributed by atoms with E-state index in [1.165, 1.54) is 0 Å². The second kappa shape index (κ2) is 3.16. The first-order valence-electron chi connectivity index (χ1n) is 3.17. The highest BCUT2D eigenvalue weighted by Crippen LogP contribution is 2.07. The third-order valence-corrected chi connectivity index (χ3v) is 1.45. The fraction of sp³-hybridized carbons (Fsp3) is 0.125. The van der Waals surface area contributed by atoms with Gasteiger partial charge in [-0.05, 0) is 18.6 Å². The van der Waals surface area contributed by atoms with Crippen LogP contribution in [0, 0.1) is 6.92 Å². The van der Waals surface area contributed by atoms with Crippen LogP contribution in [0.1, 0.15) is 15.9 Å². The second-order valence-corrected chi connectivity index (χ2v) is 2.19. The molecular formula is C8H8O3. The van der Waals surface area contributed by atoms with E-state index in [1.807, 2.05) is 6.07 Å². The molecule has 0 amide bonds. The molecule has 3 heteroatoms. The van der Waals surface area contributed by atoms with Crippen molar-refractivity contribution < 1.29 is 14.9 Å². The number of carbonyl (C=O) groups excluding carboxylic acids is 1. The van der Waals surface area contributed by atoms with Crippen LogP contribution in [0.2, 0.25) is 0 Å². The molecule has 1 aromatic rings. The average Bonchev–Trinajstić information content (AvgIpc) is 2.04. The van der Waals surface area contributed by atoms with Gasteiger partial charge in [0.05, 0.1) is 5.56 Å². The Bertz CT molecular complexity index is 268. The number of carbonyl (C=O) groups is 1. The largest absolute Gasteiger partial charge is 0.373 e. The van der Waals surface area contributed by atoms with E-state index in [0.717, 1.165) is 5.56 Å². The van der Waals surface area contributed by atoms with Gasteiger partial charge in [0.1, 0.15) is 0 Å². The SMILES string of the molecule is Cc1ccccc1C(=O)OO. The molecule has 1 aromatic carbocycles. The normalized spacial score (nSPS) is 9.27. The van der Waals surface area contributed by atoms with Crippen molar-refractivity contribution in [1.29, 1.82) is 0 Å². The van der Waals surface area contributed by atoms with Crippen molar-refractivity contribution in [3.63, 3.8) is 0 Å². The van der Waals surface area contributed by atoms with Gasteiger partial charge in [0.15, 0.2) is 0 Å². The molecule has 0 saturated carbocycles. The van der Waals surface area contributed by atoms with E-state index < -0.39 is 5.97 Å². The standard InChI is InChI=1S/C8H8O3/c1-6-4-2-3-5-7(6)8(9)11-10/h2-5,10H,1H3. The molecule has 0 bridgehead atoms. The van der Waals surface area contributed by atoms with Crippen molar-refractivity contribution in [3.05, 3.63) is 35.4 Å².